The number of rotatable bonds is 7. The minimum Gasteiger partial charge on any atom is -0.490 e. The number of ether oxygens (including phenoxy) is 2. The molecule has 0 bridgehead atoms. The average Bonchev–Trinajstić information content (AvgIpc) is 2.89. The summed E-state index contributed by atoms with van der Waals surface area (Å²) < 4.78 is 11.3. The fourth-order valence-electron chi connectivity index (χ4n) is 3.60. The highest BCUT2D eigenvalue weighted by Gasteiger charge is 2.51. The summed E-state index contributed by atoms with van der Waals surface area (Å²) in [6.07, 6.45) is 6.54. The Morgan fingerprint density at radius 2 is 1.96 bits per heavy atom. The Morgan fingerprint density at radius 3 is 2.64 bits per heavy atom. The van der Waals surface area contributed by atoms with Crippen LogP contribution in [-0.4, -0.2) is 41.9 Å². The van der Waals surface area contributed by atoms with Crippen molar-refractivity contribution in [2.75, 3.05) is 13.2 Å². The fourth-order valence-corrected chi connectivity index (χ4v) is 3.87. The summed E-state index contributed by atoms with van der Waals surface area (Å²) in [6.45, 7) is 4.86. The van der Waals surface area contributed by atoms with Crippen LogP contribution in [0.2, 0.25) is 5.02 Å². The molecule has 3 amide bonds. The molecule has 0 radical (unpaired) electrons. The Hall–Kier alpha value is -2.28. The van der Waals surface area contributed by atoms with Crippen LogP contribution in [0.25, 0.3) is 0 Å². The lowest BCUT2D eigenvalue weighted by molar-refractivity contribution is -0.132. The van der Waals surface area contributed by atoms with E-state index in [1.54, 1.807) is 12.1 Å². The van der Waals surface area contributed by atoms with Gasteiger partial charge in [0.1, 0.15) is 5.54 Å². The summed E-state index contributed by atoms with van der Waals surface area (Å²) >= 11 is 6.35. The van der Waals surface area contributed by atoms with Gasteiger partial charge in [0.25, 0.3) is 5.91 Å². The summed E-state index contributed by atoms with van der Waals surface area (Å²) in [5, 5.41) is 8.27. The van der Waals surface area contributed by atoms with Gasteiger partial charge in [-0.1, -0.05) is 37.8 Å². The molecule has 1 aliphatic heterocycles. The van der Waals surface area contributed by atoms with Crippen LogP contribution in [-0.2, 0) is 4.79 Å². The van der Waals surface area contributed by atoms with E-state index < -0.39 is 11.6 Å². The molecular formula is C20H26ClN3O4. The Kier molecular flexibility index (Phi) is 6.44. The number of urea groups is 1. The number of carbonyl (C=O) groups is 2. The minimum atomic E-state index is -0.793. The van der Waals surface area contributed by atoms with Crippen molar-refractivity contribution in [3.8, 4) is 11.5 Å². The molecule has 1 N–H and O–H groups in total. The number of hydrogen-bond acceptors (Lipinski definition) is 5. The molecule has 152 valence electrons. The highest BCUT2D eigenvalue weighted by molar-refractivity contribution is 6.32. The summed E-state index contributed by atoms with van der Waals surface area (Å²) in [4.78, 5) is 25.1. The second-order valence-electron chi connectivity index (χ2n) is 7.05. The van der Waals surface area contributed by atoms with Crippen LogP contribution in [0.1, 0.15) is 57.9 Å². The third-order valence-electron chi connectivity index (χ3n) is 4.95. The number of nitrogens with zero attached hydrogens (tertiary/aromatic N) is 2. The first kappa shape index (κ1) is 20.5. The first-order valence-electron chi connectivity index (χ1n) is 9.80. The number of hydrogen-bond donors (Lipinski definition) is 1. The van der Waals surface area contributed by atoms with Crippen LogP contribution in [0.15, 0.2) is 17.2 Å². The van der Waals surface area contributed by atoms with Crippen molar-refractivity contribution in [3.05, 3.63) is 22.7 Å². The van der Waals surface area contributed by atoms with Gasteiger partial charge in [-0.15, -0.1) is 5.01 Å². The molecule has 1 saturated carbocycles. The summed E-state index contributed by atoms with van der Waals surface area (Å²) in [5.74, 6) is 0.706. The van der Waals surface area contributed by atoms with E-state index >= 15 is 0 Å². The largest absolute Gasteiger partial charge is 0.490 e. The predicted octanol–water partition coefficient (Wildman–Crippen LogP) is 4.12. The predicted molar refractivity (Wildman–Crippen MR) is 107 cm³/mol. The van der Waals surface area contributed by atoms with Gasteiger partial charge < -0.3 is 14.8 Å². The number of nitrogens with one attached hydrogen (secondary N) is 1. The van der Waals surface area contributed by atoms with Gasteiger partial charge in [-0.3, -0.25) is 4.79 Å². The first-order valence-corrected chi connectivity index (χ1v) is 10.2. The van der Waals surface area contributed by atoms with Gasteiger partial charge in [0, 0.05) is 0 Å². The molecule has 0 aromatic heterocycles. The third-order valence-corrected chi connectivity index (χ3v) is 5.23. The van der Waals surface area contributed by atoms with E-state index in [0.717, 1.165) is 30.7 Å². The van der Waals surface area contributed by atoms with E-state index in [4.69, 9.17) is 21.1 Å². The number of benzene rings is 1. The van der Waals surface area contributed by atoms with Crippen molar-refractivity contribution in [2.24, 2.45) is 5.10 Å². The van der Waals surface area contributed by atoms with Crippen molar-refractivity contribution >= 4 is 29.8 Å². The van der Waals surface area contributed by atoms with E-state index in [-0.39, 0.29) is 5.91 Å². The summed E-state index contributed by atoms with van der Waals surface area (Å²) in [5.41, 5.74) is -0.180. The van der Waals surface area contributed by atoms with Gasteiger partial charge in [-0.05, 0) is 43.9 Å². The molecule has 1 aromatic rings. The van der Waals surface area contributed by atoms with Crippen LogP contribution >= 0.6 is 11.6 Å². The smallest absolute Gasteiger partial charge is 0.346 e. The molecule has 1 spiro atoms. The monoisotopic (exact) mass is 407 g/mol. The zero-order valence-corrected chi connectivity index (χ0v) is 17.1. The number of amides is 3. The number of halogens is 1. The summed E-state index contributed by atoms with van der Waals surface area (Å²) in [7, 11) is 0. The Bertz CT molecular complexity index is 775. The molecule has 7 nitrogen and oxygen atoms in total. The van der Waals surface area contributed by atoms with Gasteiger partial charge in [0.2, 0.25) is 0 Å². The fraction of sp³-hybridized carbons (Fsp3) is 0.550. The molecule has 1 heterocycles. The molecule has 0 unspecified atom stereocenters. The van der Waals surface area contributed by atoms with Crippen molar-refractivity contribution in [1.29, 1.82) is 0 Å². The Morgan fingerprint density at radius 1 is 1.21 bits per heavy atom. The molecule has 1 aromatic carbocycles. The Labute approximate surface area is 170 Å². The van der Waals surface area contributed by atoms with Crippen molar-refractivity contribution < 1.29 is 19.1 Å². The van der Waals surface area contributed by atoms with Gasteiger partial charge in [-0.25, -0.2) is 4.79 Å². The second kappa shape index (κ2) is 8.82. The zero-order valence-electron chi connectivity index (χ0n) is 16.3. The van der Waals surface area contributed by atoms with Crippen LogP contribution < -0.4 is 14.8 Å². The molecule has 0 atom stereocenters. The normalized spacial score (nSPS) is 18.8. The lowest BCUT2D eigenvalue weighted by Crippen LogP contribution is -2.48. The van der Waals surface area contributed by atoms with Crippen molar-refractivity contribution in [3.63, 3.8) is 0 Å². The van der Waals surface area contributed by atoms with Crippen LogP contribution in [0, 0.1) is 0 Å². The molecular weight excluding hydrogens is 382 g/mol. The number of hydrazone groups is 1. The van der Waals surface area contributed by atoms with Crippen LogP contribution in [0.5, 0.6) is 11.5 Å². The highest BCUT2D eigenvalue weighted by Crippen LogP contribution is 2.37. The summed E-state index contributed by atoms with van der Waals surface area (Å²) in [6, 6.07) is 2.92. The molecule has 3 rings (SSSR count). The average molecular weight is 408 g/mol. The van der Waals surface area contributed by atoms with E-state index in [1.807, 2.05) is 13.8 Å². The maximum Gasteiger partial charge on any atom is 0.346 e. The Balaban J connectivity index is 1.81. The van der Waals surface area contributed by atoms with Crippen molar-refractivity contribution in [2.45, 2.75) is 57.9 Å². The maximum absolute atomic E-state index is 12.8. The van der Waals surface area contributed by atoms with E-state index in [9.17, 15) is 9.59 Å². The van der Waals surface area contributed by atoms with E-state index in [1.165, 1.54) is 6.21 Å². The topological polar surface area (TPSA) is 80.2 Å². The lowest BCUT2D eigenvalue weighted by atomic mass is 9.82. The molecule has 28 heavy (non-hydrogen) atoms. The maximum atomic E-state index is 12.8. The van der Waals surface area contributed by atoms with Gasteiger partial charge in [0.15, 0.2) is 11.5 Å². The van der Waals surface area contributed by atoms with Gasteiger partial charge >= 0.3 is 6.03 Å². The van der Waals surface area contributed by atoms with Gasteiger partial charge in [-0.2, -0.15) is 5.10 Å². The first-order chi connectivity index (χ1) is 13.5. The number of carbonyl (C=O) groups excluding carboxylic acids is 2. The van der Waals surface area contributed by atoms with E-state index in [2.05, 4.69) is 10.4 Å². The second-order valence-corrected chi connectivity index (χ2v) is 7.45. The van der Waals surface area contributed by atoms with Crippen molar-refractivity contribution in [1.82, 2.24) is 10.3 Å². The third kappa shape index (κ3) is 4.09. The quantitative estimate of drug-likeness (QED) is 0.544. The van der Waals surface area contributed by atoms with Crippen LogP contribution in [0.3, 0.4) is 0 Å². The molecule has 8 heteroatoms. The van der Waals surface area contributed by atoms with E-state index in [0.29, 0.717) is 48.1 Å². The zero-order chi connectivity index (χ0) is 20.1. The molecule has 1 aliphatic carbocycles. The lowest BCUT2D eigenvalue weighted by Gasteiger charge is -2.29. The minimum absolute atomic E-state index is 0.285. The molecule has 2 fully saturated rings. The van der Waals surface area contributed by atoms with Crippen LogP contribution in [0.4, 0.5) is 4.79 Å². The van der Waals surface area contributed by atoms with Gasteiger partial charge in [0.05, 0.1) is 24.5 Å². The SMILES string of the molecule is CCCOc1c(Cl)cc(/C=N/N2C(=O)NC3(CCCCC3)C2=O)cc1OCC. The highest BCUT2D eigenvalue weighted by atomic mass is 35.5. The molecule has 2 aliphatic rings. The standard InChI is InChI=1S/C20H26ClN3O4/c1-3-10-28-17-15(21)11-14(12-16(17)27-4-2)13-22-24-18(25)20(23-19(24)26)8-6-5-7-9-20/h11-13H,3-10H2,1-2H3,(H,23,26)/b22-13+. The number of imide groups is 1. The molecule has 1 saturated heterocycles.